The molecule has 198 valence electrons. The largest absolute Gasteiger partial charge is 0.468 e. The van der Waals surface area contributed by atoms with Gasteiger partial charge >= 0.3 is 12.1 Å². The Morgan fingerprint density at radius 1 is 1.17 bits per heavy atom. The highest BCUT2D eigenvalue weighted by Gasteiger charge is 2.38. The van der Waals surface area contributed by atoms with Gasteiger partial charge in [-0.2, -0.15) is 0 Å². The van der Waals surface area contributed by atoms with E-state index in [9.17, 15) is 24.0 Å². The van der Waals surface area contributed by atoms with Gasteiger partial charge in [0, 0.05) is 6.04 Å². The first-order valence-electron chi connectivity index (χ1n) is 11.4. The van der Waals surface area contributed by atoms with Crippen molar-refractivity contribution >= 4 is 35.9 Å². The molecule has 2 unspecified atom stereocenters. The molecule has 0 aromatic heterocycles. The molecule has 4 N–H and O–H groups in total. The maximum atomic E-state index is 13.7. The van der Waals surface area contributed by atoms with Gasteiger partial charge in [0.15, 0.2) is 0 Å². The Kier molecular flexibility index (Phi) is 11.1. The van der Waals surface area contributed by atoms with Gasteiger partial charge in [0.2, 0.25) is 17.7 Å². The summed E-state index contributed by atoms with van der Waals surface area (Å²) in [5, 5.41) is 4.87. The van der Waals surface area contributed by atoms with E-state index in [1.54, 1.807) is 65.0 Å². The number of ether oxygens (including phenoxy) is 2. The smallest absolute Gasteiger partial charge is 0.408 e. The summed E-state index contributed by atoms with van der Waals surface area (Å²) in [7, 11) is 1.18. The number of esters is 1. The van der Waals surface area contributed by atoms with Crippen molar-refractivity contribution in [3.8, 4) is 0 Å². The Morgan fingerprint density at radius 2 is 1.81 bits per heavy atom. The molecule has 0 fully saturated rings. The van der Waals surface area contributed by atoms with E-state index < -0.39 is 66.5 Å². The van der Waals surface area contributed by atoms with Crippen LogP contribution in [0.5, 0.6) is 0 Å². The molecule has 4 amide bonds. The molecule has 1 aromatic carbocycles. The number of nitrogens with one attached hydrogen (secondary N) is 2. The molecule has 11 nitrogen and oxygen atoms in total. The topological polar surface area (TPSA) is 157 Å². The average Bonchev–Trinajstić information content (AvgIpc) is 2.77. The van der Waals surface area contributed by atoms with Crippen molar-refractivity contribution in [2.45, 2.75) is 64.8 Å². The summed E-state index contributed by atoms with van der Waals surface area (Å²) >= 11 is 0. The van der Waals surface area contributed by atoms with Crippen LogP contribution in [0.15, 0.2) is 30.8 Å². The molecular weight excluding hydrogens is 468 g/mol. The first-order valence-corrected chi connectivity index (χ1v) is 11.4. The fraction of sp³-hybridized carbons (Fsp3) is 0.480. The summed E-state index contributed by atoms with van der Waals surface area (Å²) in [5.41, 5.74) is 5.60. The van der Waals surface area contributed by atoms with Gasteiger partial charge in [-0.05, 0) is 51.8 Å². The van der Waals surface area contributed by atoms with Crippen LogP contribution < -0.4 is 16.4 Å². The molecule has 0 radical (unpaired) electrons. The number of amides is 4. The Morgan fingerprint density at radius 3 is 2.31 bits per heavy atom. The number of carbonyl (C=O) groups excluding carboxylic acids is 5. The van der Waals surface area contributed by atoms with Crippen LogP contribution >= 0.6 is 0 Å². The van der Waals surface area contributed by atoms with Crippen molar-refractivity contribution in [1.29, 1.82) is 0 Å². The summed E-state index contributed by atoms with van der Waals surface area (Å²) in [5.74, 6) is -2.92. The molecule has 0 spiro atoms. The molecule has 0 aliphatic heterocycles. The zero-order valence-corrected chi connectivity index (χ0v) is 21.6. The van der Waals surface area contributed by atoms with Crippen molar-refractivity contribution in [3.05, 3.63) is 42.0 Å². The van der Waals surface area contributed by atoms with E-state index in [0.717, 1.165) is 0 Å². The van der Waals surface area contributed by atoms with Gasteiger partial charge in [-0.15, -0.1) is 0 Å². The van der Waals surface area contributed by atoms with Gasteiger partial charge in [0.1, 0.15) is 24.2 Å². The fourth-order valence-corrected chi connectivity index (χ4v) is 3.33. The Balaban J connectivity index is 3.51. The molecule has 0 aliphatic carbocycles. The van der Waals surface area contributed by atoms with Crippen LogP contribution in [0.4, 0.5) is 4.79 Å². The molecule has 0 bridgehead atoms. The highest BCUT2D eigenvalue weighted by atomic mass is 16.6. The minimum atomic E-state index is -1.40. The van der Waals surface area contributed by atoms with Gasteiger partial charge in [-0.3, -0.25) is 19.2 Å². The summed E-state index contributed by atoms with van der Waals surface area (Å²) < 4.78 is 9.81. The van der Waals surface area contributed by atoms with Crippen LogP contribution in [0, 0.1) is 0 Å². The van der Waals surface area contributed by atoms with Crippen LogP contribution in [-0.4, -0.2) is 66.0 Å². The van der Waals surface area contributed by atoms with E-state index in [-0.39, 0.29) is 0 Å². The lowest BCUT2D eigenvalue weighted by Gasteiger charge is -2.37. The molecule has 36 heavy (non-hydrogen) atoms. The predicted octanol–water partition coefficient (Wildman–Crippen LogP) is 1.67. The first kappa shape index (κ1) is 30.1. The SMILES string of the molecule is C=Cc1cccc(C(C(=O)NCC(=O)OC)N(C(=O)C(CC(N)=O)NC(=O)OC(C)(C)C)C(C)C)c1. The number of carbonyl (C=O) groups is 5. The molecule has 11 heteroatoms. The molecule has 1 aromatic rings. The summed E-state index contributed by atoms with van der Waals surface area (Å²) in [6.45, 7) is 11.6. The summed E-state index contributed by atoms with van der Waals surface area (Å²) in [6.07, 6.45) is 0.130. The number of primary amides is 1. The van der Waals surface area contributed by atoms with Crippen LogP contribution in [0.25, 0.3) is 6.08 Å². The van der Waals surface area contributed by atoms with Crippen molar-refractivity contribution in [1.82, 2.24) is 15.5 Å². The number of methoxy groups -OCH3 is 1. The molecule has 0 saturated carbocycles. The number of alkyl carbamates (subject to hydrolysis) is 1. The Hall–Kier alpha value is -3.89. The van der Waals surface area contributed by atoms with Crippen molar-refractivity contribution in [2.24, 2.45) is 5.73 Å². The Labute approximate surface area is 211 Å². The zero-order chi connectivity index (χ0) is 27.6. The summed E-state index contributed by atoms with van der Waals surface area (Å²) in [4.78, 5) is 64.1. The van der Waals surface area contributed by atoms with Crippen LogP contribution in [0.3, 0.4) is 0 Å². The number of hydrogen-bond donors (Lipinski definition) is 3. The van der Waals surface area contributed by atoms with Crippen LogP contribution in [-0.2, 0) is 28.7 Å². The molecule has 1 rings (SSSR count). The van der Waals surface area contributed by atoms with Gasteiger partial charge in [0.05, 0.1) is 13.5 Å². The van der Waals surface area contributed by atoms with E-state index >= 15 is 0 Å². The third-order valence-electron chi connectivity index (χ3n) is 4.83. The van der Waals surface area contributed by atoms with E-state index in [4.69, 9.17) is 10.5 Å². The minimum Gasteiger partial charge on any atom is -0.468 e. The quantitative estimate of drug-likeness (QED) is 0.387. The normalized spacial score (nSPS) is 12.6. The lowest BCUT2D eigenvalue weighted by molar-refractivity contribution is -0.146. The third-order valence-corrected chi connectivity index (χ3v) is 4.83. The highest BCUT2D eigenvalue weighted by molar-refractivity contribution is 5.95. The van der Waals surface area contributed by atoms with Crippen LogP contribution in [0.1, 0.15) is 58.2 Å². The predicted molar refractivity (Wildman–Crippen MR) is 133 cm³/mol. The monoisotopic (exact) mass is 504 g/mol. The maximum Gasteiger partial charge on any atom is 0.408 e. The second kappa shape index (κ2) is 13.3. The van der Waals surface area contributed by atoms with Crippen molar-refractivity contribution < 1.29 is 33.4 Å². The second-order valence-corrected chi connectivity index (χ2v) is 9.28. The standard InChI is InChI=1S/C25H36N4O7/c1-8-16-10-9-11-17(12-16)21(22(32)27-14-20(31)35-7)29(15(2)3)23(33)18(13-19(26)30)28-24(34)36-25(4,5)6/h8-12,15,18,21H,1,13-14H2,2-7H3,(H2,26,30)(H,27,32)(H,28,34). The maximum absolute atomic E-state index is 13.7. The number of hydrogen-bond acceptors (Lipinski definition) is 7. The zero-order valence-electron chi connectivity index (χ0n) is 21.6. The number of nitrogens with two attached hydrogens (primary N) is 1. The van der Waals surface area contributed by atoms with E-state index in [0.29, 0.717) is 11.1 Å². The lowest BCUT2D eigenvalue weighted by Crippen LogP contribution is -2.56. The Bertz CT molecular complexity index is 985. The molecule has 2 atom stereocenters. The van der Waals surface area contributed by atoms with E-state index in [1.807, 2.05) is 0 Å². The molecule has 0 aliphatic rings. The number of rotatable bonds is 11. The molecule has 0 saturated heterocycles. The van der Waals surface area contributed by atoms with Gasteiger partial charge in [-0.25, -0.2) is 4.79 Å². The summed E-state index contributed by atoms with van der Waals surface area (Å²) in [6, 6.07) is 3.56. The molecular formula is C25H36N4O7. The first-order chi connectivity index (χ1) is 16.7. The van der Waals surface area contributed by atoms with E-state index in [1.165, 1.54) is 12.0 Å². The van der Waals surface area contributed by atoms with E-state index in [2.05, 4.69) is 21.9 Å². The second-order valence-electron chi connectivity index (χ2n) is 9.28. The molecule has 0 heterocycles. The van der Waals surface area contributed by atoms with Gasteiger partial charge < -0.3 is 30.7 Å². The van der Waals surface area contributed by atoms with Crippen molar-refractivity contribution in [2.75, 3.05) is 13.7 Å². The highest BCUT2D eigenvalue weighted by Crippen LogP contribution is 2.26. The number of benzene rings is 1. The third kappa shape index (κ3) is 9.40. The lowest BCUT2D eigenvalue weighted by atomic mass is 9.98. The average molecular weight is 505 g/mol. The number of nitrogens with zero attached hydrogens (tertiary/aromatic N) is 1. The van der Waals surface area contributed by atoms with Crippen LogP contribution in [0.2, 0.25) is 0 Å². The van der Waals surface area contributed by atoms with Crippen molar-refractivity contribution in [3.63, 3.8) is 0 Å². The van der Waals surface area contributed by atoms with Gasteiger partial charge in [-0.1, -0.05) is 30.9 Å². The van der Waals surface area contributed by atoms with Gasteiger partial charge in [0.25, 0.3) is 0 Å². The minimum absolute atomic E-state index is 0.423. The fourth-order valence-electron chi connectivity index (χ4n) is 3.33.